The molecule has 0 aromatic heterocycles. The lowest BCUT2D eigenvalue weighted by molar-refractivity contribution is -0.297. The van der Waals surface area contributed by atoms with Gasteiger partial charge in [0.25, 0.3) is 10.1 Å². The van der Waals surface area contributed by atoms with Crippen molar-refractivity contribution in [3.05, 3.63) is 60.8 Å². The van der Waals surface area contributed by atoms with E-state index in [0.717, 1.165) is 64.2 Å². The number of carbonyl (C=O) groups excluding carboxylic acids is 2. The minimum absolute atomic E-state index is 0.0529. The van der Waals surface area contributed by atoms with Gasteiger partial charge in [-0.3, -0.25) is 14.1 Å². The number of ether oxygens (including phenoxy) is 4. The number of allylic oxidation sites excluding steroid dienone is 10. The average Bonchev–Trinajstić information content (AvgIpc) is 3.16. The van der Waals surface area contributed by atoms with Crippen LogP contribution in [0.3, 0.4) is 0 Å². The lowest BCUT2D eigenvalue weighted by Crippen LogP contribution is -2.60. The van der Waals surface area contributed by atoms with Crippen LogP contribution in [0.25, 0.3) is 0 Å². The number of hydrogen-bond donors (Lipinski definition) is 4. The highest BCUT2D eigenvalue weighted by atomic mass is 32.2. The van der Waals surface area contributed by atoms with Crippen LogP contribution in [0.2, 0.25) is 0 Å². The van der Waals surface area contributed by atoms with Gasteiger partial charge in [-0.25, -0.2) is 0 Å². The number of aliphatic hydroxyl groups excluding tert-OH is 3. The maximum absolute atomic E-state index is 12.7. The molecule has 0 aliphatic carbocycles. The van der Waals surface area contributed by atoms with Crippen LogP contribution in [0.1, 0.15) is 142 Å². The monoisotopic (exact) mass is 812 g/mol. The van der Waals surface area contributed by atoms with Gasteiger partial charge in [-0.05, 0) is 51.4 Å². The molecule has 4 N–H and O–H groups in total. The molecule has 1 heterocycles. The molecule has 0 aromatic carbocycles. The van der Waals surface area contributed by atoms with Crippen molar-refractivity contribution in [2.24, 2.45) is 0 Å². The van der Waals surface area contributed by atoms with Crippen LogP contribution in [0.4, 0.5) is 0 Å². The van der Waals surface area contributed by atoms with Gasteiger partial charge >= 0.3 is 11.9 Å². The van der Waals surface area contributed by atoms with Gasteiger partial charge in [0.15, 0.2) is 12.4 Å². The first kappa shape index (κ1) is 51.4. The largest absolute Gasteiger partial charge is 0.462 e. The fourth-order valence-electron chi connectivity index (χ4n) is 5.90. The average molecular weight is 813 g/mol. The van der Waals surface area contributed by atoms with Crippen LogP contribution >= 0.6 is 0 Å². The topological polar surface area (TPSA) is 186 Å². The predicted molar refractivity (Wildman–Crippen MR) is 219 cm³/mol. The van der Waals surface area contributed by atoms with Gasteiger partial charge in [0.1, 0.15) is 36.8 Å². The Bertz CT molecular complexity index is 1280. The molecule has 1 aliphatic heterocycles. The van der Waals surface area contributed by atoms with Crippen molar-refractivity contribution in [3.63, 3.8) is 0 Å². The number of aliphatic hydroxyl groups is 3. The standard InChI is InChI=1S/C43H72O12S/c1-3-5-7-9-11-13-15-17-18-20-21-23-25-27-29-31-38(44)52-33-36(34-53-43-42(48)41(47)40(46)37(55-43)35-56(49,50)51)54-39(45)32-30-28-26-24-22-19-16-14-12-10-8-6-4-2/h5,7,9,11,13,15,19,22,26,28,36-37,40-43,46-48H,3-4,6,8,10,12,14,16-18,20-21,23-25,27,29-35H2,1-2H3,(H,49,50,51)/b7-5+,11-9+,15-13+,22-19+,28-26+/t36?,37-,40-,41?,42?,43+/m1/s1. The van der Waals surface area contributed by atoms with E-state index >= 15 is 0 Å². The zero-order valence-corrected chi connectivity index (χ0v) is 34.8. The molecule has 322 valence electrons. The van der Waals surface area contributed by atoms with Gasteiger partial charge in [-0.1, -0.05) is 139 Å². The van der Waals surface area contributed by atoms with E-state index in [9.17, 15) is 37.9 Å². The molecule has 1 fully saturated rings. The summed E-state index contributed by atoms with van der Waals surface area (Å²) in [6.07, 6.45) is 30.0. The summed E-state index contributed by atoms with van der Waals surface area (Å²) in [7, 11) is -4.61. The molecule has 0 amide bonds. The normalized spacial score (nSPS) is 21.3. The Morgan fingerprint density at radius 1 is 0.643 bits per heavy atom. The van der Waals surface area contributed by atoms with Crippen molar-refractivity contribution in [2.75, 3.05) is 19.0 Å². The molecule has 0 radical (unpaired) electrons. The third-order valence-corrected chi connectivity index (χ3v) is 9.91. The Balaban J connectivity index is 2.53. The number of unbranched alkanes of at least 4 members (excludes halogenated alkanes) is 13. The minimum Gasteiger partial charge on any atom is -0.462 e. The van der Waals surface area contributed by atoms with Gasteiger partial charge in [0, 0.05) is 12.8 Å². The molecule has 6 atom stereocenters. The number of carbonyl (C=O) groups is 2. The lowest BCUT2D eigenvalue weighted by Gasteiger charge is -2.40. The van der Waals surface area contributed by atoms with E-state index in [1.54, 1.807) is 0 Å². The smallest absolute Gasteiger partial charge is 0.306 e. The summed E-state index contributed by atoms with van der Waals surface area (Å²) in [5.74, 6) is -2.09. The third kappa shape index (κ3) is 27.9. The summed E-state index contributed by atoms with van der Waals surface area (Å²) in [6, 6.07) is 0. The molecule has 1 aliphatic rings. The minimum atomic E-state index is -4.61. The van der Waals surface area contributed by atoms with Crippen molar-refractivity contribution >= 4 is 22.1 Å². The van der Waals surface area contributed by atoms with Crippen molar-refractivity contribution in [1.29, 1.82) is 0 Å². The van der Waals surface area contributed by atoms with Crippen molar-refractivity contribution < 1.29 is 56.8 Å². The second-order valence-corrected chi connectivity index (χ2v) is 15.8. The lowest BCUT2D eigenvalue weighted by atomic mass is 10.00. The first-order valence-electron chi connectivity index (χ1n) is 20.9. The van der Waals surface area contributed by atoms with E-state index in [1.165, 1.54) is 38.5 Å². The second-order valence-electron chi connectivity index (χ2n) is 14.3. The molecular formula is C43H72O12S. The third-order valence-electron chi connectivity index (χ3n) is 9.16. The SMILES string of the molecule is CC/C=C/C=C/C=C/CCCCCCCCCC(=O)OCC(CO[C@H]1O[C@H](CS(=O)(=O)O)[C@@H](O)C(O)C1O)OC(=O)CC/C=C/C/C=C/CCCCCCCC. The molecule has 13 heteroatoms. The fraction of sp³-hybridized carbons (Fsp3) is 0.721. The number of rotatable bonds is 33. The Labute approximate surface area is 336 Å². The summed E-state index contributed by atoms with van der Waals surface area (Å²) >= 11 is 0. The summed E-state index contributed by atoms with van der Waals surface area (Å²) in [6.45, 7) is 3.53. The Morgan fingerprint density at radius 3 is 1.88 bits per heavy atom. The number of esters is 2. The highest BCUT2D eigenvalue weighted by Gasteiger charge is 2.46. The molecule has 12 nitrogen and oxygen atoms in total. The van der Waals surface area contributed by atoms with Gasteiger partial charge < -0.3 is 34.3 Å². The molecule has 0 spiro atoms. The van der Waals surface area contributed by atoms with Gasteiger partial charge in [0.05, 0.1) is 6.61 Å². The quantitative estimate of drug-likeness (QED) is 0.0166. The number of hydrogen-bond acceptors (Lipinski definition) is 11. The first-order valence-corrected chi connectivity index (χ1v) is 22.5. The molecule has 56 heavy (non-hydrogen) atoms. The van der Waals surface area contributed by atoms with E-state index in [2.05, 4.69) is 44.2 Å². The van der Waals surface area contributed by atoms with E-state index < -0.39 is 71.2 Å². The van der Waals surface area contributed by atoms with Crippen LogP contribution in [-0.4, -0.2) is 96.0 Å². The van der Waals surface area contributed by atoms with E-state index in [-0.39, 0.29) is 19.4 Å². The Morgan fingerprint density at radius 2 is 1.23 bits per heavy atom. The van der Waals surface area contributed by atoms with Crippen molar-refractivity contribution in [2.45, 2.75) is 179 Å². The van der Waals surface area contributed by atoms with Crippen LogP contribution in [-0.2, 0) is 38.7 Å². The predicted octanol–water partition coefficient (Wildman–Crippen LogP) is 7.78. The molecule has 0 aromatic rings. The van der Waals surface area contributed by atoms with E-state index in [1.807, 2.05) is 30.4 Å². The molecule has 0 saturated carbocycles. The van der Waals surface area contributed by atoms with Gasteiger partial charge in [-0.15, -0.1) is 0 Å². The fourth-order valence-corrected chi connectivity index (χ4v) is 6.60. The Hall–Kier alpha value is -2.65. The van der Waals surface area contributed by atoms with Crippen LogP contribution in [0, 0.1) is 0 Å². The zero-order valence-electron chi connectivity index (χ0n) is 34.0. The van der Waals surface area contributed by atoms with Crippen molar-refractivity contribution in [1.82, 2.24) is 0 Å². The van der Waals surface area contributed by atoms with Crippen LogP contribution in [0.5, 0.6) is 0 Å². The maximum Gasteiger partial charge on any atom is 0.306 e. The maximum atomic E-state index is 12.7. The molecule has 1 rings (SSSR count). The second kappa shape index (κ2) is 33.3. The molecule has 3 unspecified atom stereocenters. The van der Waals surface area contributed by atoms with Gasteiger partial charge in [0.2, 0.25) is 0 Å². The molecular weight excluding hydrogens is 741 g/mol. The van der Waals surface area contributed by atoms with E-state index in [0.29, 0.717) is 12.8 Å². The summed E-state index contributed by atoms with van der Waals surface area (Å²) in [5.41, 5.74) is 0. The highest BCUT2D eigenvalue weighted by molar-refractivity contribution is 7.85. The van der Waals surface area contributed by atoms with Crippen LogP contribution in [0.15, 0.2) is 60.8 Å². The summed E-state index contributed by atoms with van der Waals surface area (Å²) < 4.78 is 53.8. The summed E-state index contributed by atoms with van der Waals surface area (Å²) in [5, 5.41) is 30.8. The first-order chi connectivity index (χ1) is 27.0. The van der Waals surface area contributed by atoms with E-state index in [4.69, 9.17) is 18.9 Å². The summed E-state index contributed by atoms with van der Waals surface area (Å²) in [4.78, 5) is 25.3. The molecule has 1 saturated heterocycles. The Kier molecular flexibility index (Phi) is 30.6. The van der Waals surface area contributed by atoms with Gasteiger partial charge in [-0.2, -0.15) is 8.42 Å². The van der Waals surface area contributed by atoms with Crippen LogP contribution < -0.4 is 0 Å². The molecule has 0 bridgehead atoms. The van der Waals surface area contributed by atoms with Crippen molar-refractivity contribution in [3.8, 4) is 0 Å². The highest BCUT2D eigenvalue weighted by Crippen LogP contribution is 2.24. The zero-order chi connectivity index (χ0) is 41.3.